The van der Waals surface area contributed by atoms with Gasteiger partial charge in [-0.15, -0.1) is 0 Å². The molecule has 0 bridgehead atoms. The van der Waals surface area contributed by atoms with Gasteiger partial charge in [0, 0.05) is 23.6 Å². The molecule has 6 heteroatoms. The lowest BCUT2D eigenvalue weighted by molar-refractivity contribution is -0.0686. The van der Waals surface area contributed by atoms with E-state index in [0.717, 1.165) is 28.8 Å². The average molecular weight is 472 g/mol. The minimum Gasteiger partial charge on any atom is -0.488 e. The highest BCUT2D eigenvalue weighted by atomic mass is 16.5. The normalized spacial score (nSPS) is 27.9. The summed E-state index contributed by atoms with van der Waals surface area (Å²) >= 11 is 0. The molecule has 0 amide bonds. The number of rotatable bonds is 9. The number of ether oxygens (including phenoxy) is 2. The first-order valence-corrected chi connectivity index (χ1v) is 11.8. The molecule has 1 heterocycles. The molecule has 1 aromatic rings. The lowest BCUT2D eigenvalue weighted by Crippen LogP contribution is -2.42. The first-order valence-electron chi connectivity index (χ1n) is 11.8. The van der Waals surface area contributed by atoms with Crippen LogP contribution in [0.2, 0.25) is 0 Å². The van der Waals surface area contributed by atoms with E-state index in [1.165, 1.54) is 14.2 Å². The zero-order valence-corrected chi connectivity index (χ0v) is 21.9. The van der Waals surface area contributed by atoms with Gasteiger partial charge in [-0.1, -0.05) is 54.5 Å². The molecule has 0 spiro atoms. The third kappa shape index (κ3) is 5.39. The number of methoxy groups -OCH3 is 2. The van der Waals surface area contributed by atoms with Crippen LogP contribution < -0.4 is 14.9 Å². The van der Waals surface area contributed by atoms with Crippen LogP contribution >= 0.6 is 0 Å². The van der Waals surface area contributed by atoms with E-state index in [-0.39, 0.29) is 28.9 Å². The summed E-state index contributed by atoms with van der Waals surface area (Å²) in [4.78, 5) is 15.7. The van der Waals surface area contributed by atoms with Gasteiger partial charge < -0.3 is 24.7 Å². The highest BCUT2D eigenvalue weighted by Gasteiger charge is 2.55. The maximum atomic E-state index is 12.5. The van der Waals surface area contributed by atoms with Gasteiger partial charge in [0.05, 0.1) is 25.9 Å². The molecule has 34 heavy (non-hydrogen) atoms. The van der Waals surface area contributed by atoms with Gasteiger partial charge in [0.2, 0.25) is 17.1 Å². The minimum atomic E-state index is -1.19. The van der Waals surface area contributed by atoms with E-state index in [0.29, 0.717) is 17.9 Å². The van der Waals surface area contributed by atoms with E-state index >= 15 is 0 Å². The summed E-state index contributed by atoms with van der Waals surface area (Å²) in [6.07, 6.45) is 8.63. The topological polar surface area (TPSA) is 91.8 Å². The van der Waals surface area contributed by atoms with E-state index in [1.54, 1.807) is 13.8 Å². The van der Waals surface area contributed by atoms with Gasteiger partial charge in [-0.05, 0) is 52.9 Å². The third-order valence-corrected chi connectivity index (χ3v) is 7.33. The van der Waals surface area contributed by atoms with Gasteiger partial charge in [-0.25, -0.2) is 0 Å². The fourth-order valence-electron chi connectivity index (χ4n) is 5.15. The second-order valence-corrected chi connectivity index (χ2v) is 9.63. The molecule has 3 N–H and O–H groups in total. The molecular formula is C28H41NO5. The lowest BCUT2D eigenvalue weighted by atomic mass is 9.77. The third-order valence-electron chi connectivity index (χ3n) is 7.33. The zero-order valence-electron chi connectivity index (χ0n) is 21.9. The molecule has 6 nitrogen and oxygen atoms in total. The van der Waals surface area contributed by atoms with E-state index in [4.69, 9.17) is 9.47 Å². The Morgan fingerprint density at radius 3 is 2.47 bits per heavy atom. The molecule has 1 fully saturated rings. The van der Waals surface area contributed by atoms with Crippen LogP contribution in [0.3, 0.4) is 0 Å². The van der Waals surface area contributed by atoms with Crippen molar-refractivity contribution in [2.45, 2.75) is 66.1 Å². The Morgan fingerprint density at radius 1 is 1.26 bits per heavy atom. The predicted octanol–water partition coefficient (Wildman–Crippen LogP) is 4.65. The monoisotopic (exact) mass is 471 g/mol. The Kier molecular flexibility index (Phi) is 9.15. The predicted molar refractivity (Wildman–Crippen MR) is 137 cm³/mol. The van der Waals surface area contributed by atoms with Crippen molar-refractivity contribution < 1.29 is 19.7 Å². The summed E-state index contributed by atoms with van der Waals surface area (Å²) in [7, 11) is 2.95. The molecule has 1 aliphatic carbocycles. The van der Waals surface area contributed by atoms with Crippen molar-refractivity contribution in [3.05, 3.63) is 69.1 Å². The summed E-state index contributed by atoms with van der Waals surface area (Å²) in [5.74, 6) is 0.184. The molecule has 5 unspecified atom stereocenters. The number of hydrogen-bond acceptors (Lipinski definition) is 5. The fraction of sp³-hybridized carbons (Fsp3) is 0.536. The zero-order chi connectivity index (χ0) is 25.8. The van der Waals surface area contributed by atoms with Crippen molar-refractivity contribution in [2.75, 3.05) is 14.2 Å². The summed E-state index contributed by atoms with van der Waals surface area (Å²) in [6.45, 7) is 15.8. The van der Waals surface area contributed by atoms with Crippen LogP contribution in [0.4, 0.5) is 0 Å². The molecule has 1 aliphatic rings. The Balaban J connectivity index is 2.14. The van der Waals surface area contributed by atoms with Crippen LogP contribution in [-0.2, 0) is 6.42 Å². The molecular weight excluding hydrogens is 430 g/mol. The van der Waals surface area contributed by atoms with Crippen molar-refractivity contribution in [3.63, 3.8) is 0 Å². The Bertz CT molecular complexity index is 1040. The average Bonchev–Trinajstić information content (AvgIpc) is 2.98. The summed E-state index contributed by atoms with van der Waals surface area (Å²) in [6, 6.07) is 0. The van der Waals surface area contributed by atoms with Gasteiger partial charge in [0.25, 0.3) is 0 Å². The van der Waals surface area contributed by atoms with Crippen LogP contribution in [0.1, 0.15) is 52.3 Å². The molecule has 0 aliphatic heterocycles. The van der Waals surface area contributed by atoms with Gasteiger partial charge in [0.1, 0.15) is 0 Å². The number of aliphatic hydroxyl groups is 2. The second kappa shape index (κ2) is 11.2. The van der Waals surface area contributed by atoms with E-state index in [1.807, 2.05) is 39.8 Å². The summed E-state index contributed by atoms with van der Waals surface area (Å²) in [5, 5.41) is 21.7. The summed E-state index contributed by atoms with van der Waals surface area (Å²) in [5.41, 5.74) is 3.14. The second-order valence-electron chi connectivity index (χ2n) is 9.63. The lowest BCUT2D eigenvalue weighted by Gasteiger charge is -2.32. The number of H-pyrrole nitrogens is 1. The van der Waals surface area contributed by atoms with Crippen molar-refractivity contribution in [3.8, 4) is 11.6 Å². The highest BCUT2D eigenvalue weighted by molar-refractivity contribution is 5.40. The fourth-order valence-corrected chi connectivity index (χ4v) is 5.15. The van der Waals surface area contributed by atoms with Crippen LogP contribution in [-0.4, -0.2) is 41.1 Å². The standard InChI is InChI=1S/C28H41NO5/c1-10-17(3)23-22(20(6)26(31)28(23,7)32)18(4)13-11-12-16(2)14-15-21-19(5)24(30)25(33-8)27(29-21)34-9/h10-11,13-14,20,22-23,26,31-32H,4,12,15H2,1-3,5-9H3,(H,29,30). The molecule has 5 atom stereocenters. The van der Waals surface area contributed by atoms with Crippen molar-refractivity contribution in [1.82, 2.24) is 4.98 Å². The molecule has 1 aromatic heterocycles. The molecule has 0 aromatic carbocycles. The SMILES string of the molecule is C=C(C=CCC(C)=CCc1[nH]c(OC)c(OC)c(=O)c1C)C1C(C)C(O)C(C)(O)C1C(C)=CC. The number of allylic oxidation sites excluding steroid dienone is 6. The largest absolute Gasteiger partial charge is 0.488 e. The maximum Gasteiger partial charge on any atom is 0.238 e. The molecule has 0 radical (unpaired) electrons. The van der Waals surface area contributed by atoms with Gasteiger partial charge in [-0.2, -0.15) is 0 Å². The Hall–Kier alpha value is -2.57. The molecule has 0 saturated heterocycles. The van der Waals surface area contributed by atoms with Crippen LogP contribution in [0, 0.1) is 24.7 Å². The highest BCUT2D eigenvalue weighted by Crippen LogP contribution is 2.50. The Morgan fingerprint density at radius 2 is 1.91 bits per heavy atom. The number of hydrogen-bond donors (Lipinski definition) is 3. The number of nitrogens with one attached hydrogen (secondary N) is 1. The number of aromatic amines is 1. The molecule has 1 saturated carbocycles. The van der Waals surface area contributed by atoms with Crippen LogP contribution in [0.15, 0.2) is 52.4 Å². The van der Waals surface area contributed by atoms with Gasteiger partial charge >= 0.3 is 0 Å². The van der Waals surface area contributed by atoms with Crippen molar-refractivity contribution in [1.29, 1.82) is 0 Å². The smallest absolute Gasteiger partial charge is 0.238 e. The minimum absolute atomic E-state index is 0.0405. The van der Waals surface area contributed by atoms with Crippen molar-refractivity contribution in [2.24, 2.45) is 17.8 Å². The van der Waals surface area contributed by atoms with Crippen molar-refractivity contribution >= 4 is 0 Å². The first kappa shape index (κ1) is 27.7. The number of aliphatic hydroxyl groups excluding tert-OH is 1. The molecule has 188 valence electrons. The number of aromatic nitrogens is 1. The van der Waals surface area contributed by atoms with E-state index < -0.39 is 11.7 Å². The van der Waals surface area contributed by atoms with Crippen LogP contribution in [0.25, 0.3) is 0 Å². The summed E-state index contributed by atoms with van der Waals surface area (Å²) < 4.78 is 10.4. The first-order chi connectivity index (χ1) is 15.9. The Labute approximate surface area is 203 Å². The molecule has 2 rings (SSSR count). The van der Waals surface area contributed by atoms with Gasteiger partial charge in [-0.3, -0.25) is 4.79 Å². The number of pyridine rings is 1. The quantitative estimate of drug-likeness (QED) is 0.360. The van der Waals surface area contributed by atoms with Gasteiger partial charge in [0.15, 0.2) is 0 Å². The van der Waals surface area contributed by atoms with Crippen LogP contribution in [0.5, 0.6) is 11.6 Å². The van der Waals surface area contributed by atoms with E-state index in [2.05, 4.69) is 23.7 Å². The maximum absolute atomic E-state index is 12.5. The van der Waals surface area contributed by atoms with E-state index in [9.17, 15) is 15.0 Å².